The molecule has 1 aliphatic heterocycles. The van der Waals surface area contributed by atoms with Crippen molar-refractivity contribution >= 4 is 23.2 Å². The normalized spacial score (nSPS) is 16.3. The van der Waals surface area contributed by atoms with Gasteiger partial charge in [-0.1, -0.05) is 27.7 Å². The largest absolute Gasteiger partial charge is 0.368 e. The van der Waals surface area contributed by atoms with Crippen molar-refractivity contribution in [1.82, 2.24) is 4.90 Å². The number of hydrogen-bond donors (Lipinski definition) is 1. The fourth-order valence-electron chi connectivity index (χ4n) is 3.72. The number of amides is 2. The zero-order chi connectivity index (χ0) is 19.3. The zero-order valence-corrected chi connectivity index (χ0v) is 16.8. The average Bonchev–Trinajstić information content (AvgIpc) is 2.53. The van der Waals surface area contributed by atoms with Gasteiger partial charge in [-0.15, -0.1) is 0 Å². The molecule has 2 amide bonds. The monoisotopic (exact) mass is 359 g/mol. The molecule has 2 rings (SSSR count). The van der Waals surface area contributed by atoms with Gasteiger partial charge in [0.1, 0.15) is 0 Å². The van der Waals surface area contributed by atoms with Gasteiger partial charge >= 0.3 is 0 Å². The van der Waals surface area contributed by atoms with Crippen LogP contribution in [0.25, 0.3) is 0 Å². The van der Waals surface area contributed by atoms with Gasteiger partial charge in [0, 0.05) is 50.9 Å². The fourth-order valence-corrected chi connectivity index (χ4v) is 3.72. The first-order valence-electron chi connectivity index (χ1n) is 9.54. The van der Waals surface area contributed by atoms with Gasteiger partial charge < -0.3 is 15.1 Å². The van der Waals surface area contributed by atoms with Crippen molar-refractivity contribution < 1.29 is 9.59 Å². The molecule has 5 heteroatoms. The van der Waals surface area contributed by atoms with Crippen LogP contribution in [0.1, 0.15) is 47.5 Å². The second kappa shape index (κ2) is 8.56. The molecular formula is C21H33N3O2. The van der Waals surface area contributed by atoms with Crippen LogP contribution < -0.4 is 10.2 Å². The molecule has 0 saturated carbocycles. The Kier molecular flexibility index (Phi) is 6.68. The van der Waals surface area contributed by atoms with E-state index in [2.05, 4.69) is 37.9 Å². The minimum Gasteiger partial charge on any atom is -0.368 e. The molecule has 1 aromatic rings. The van der Waals surface area contributed by atoms with Crippen LogP contribution in [-0.4, -0.2) is 42.9 Å². The van der Waals surface area contributed by atoms with Crippen LogP contribution >= 0.6 is 0 Å². The predicted octanol–water partition coefficient (Wildman–Crippen LogP) is 3.76. The van der Waals surface area contributed by atoms with E-state index in [1.165, 1.54) is 6.92 Å². The van der Waals surface area contributed by atoms with E-state index in [0.717, 1.165) is 44.0 Å². The Bertz CT molecular complexity index is 611. The summed E-state index contributed by atoms with van der Waals surface area (Å²) < 4.78 is 0. The molecule has 1 aromatic carbocycles. The number of carbonyl (C=O) groups excluding carboxylic acids is 2. The Morgan fingerprint density at radius 2 is 1.65 bits per heavy atom. The molecule has 1 fully saturated rings. The van der Waals surface area contributed by atoms with Crippen LogP contribution in [0.5, 0.6) is 0 Å². The molecule has 5 nitrogen and oxygen atoms in total. The second-order valence-electron chi connectivity index (χ2n) is 8.67. The third-order valence-corrected chi connectivity index (χ3v) is 4.67. The fraction of sp³-hybridized carbons (Fsp3) is 0.619. The number of anilines is 2. The standard InChI is InChI=1S/C21H33N3O2/c1-16(15-21(3,4)5)14-20(26)24-12-10-23(11-13-24)19-8-6-18(7-9-19)22-17(2)25/h6-9,16H,10-15H2,1-5H3,(H,22,25)/t16-/m0/s1. The van der Waals surface area contributed by atoms with Gasteiger partial charge in [0.25, 0.3) is 0 Å². The Morgan fingerprint density at radius 1 is 1.08 bits per heavy atom. The third-order valence-electron chi connectivity index (χ3n) is 4.67. The summed E-state index contributed by atoms with van der Waals surface area (Å²) >= 11 is 0. The van der Waals surface area contributed by atoms with Crippen molar-refractivity contribution in [3.63, 3.8) is 0 Å². The molecule has 0 radical (unpaired) electrons. The van der Waals surface area contributed by atoms with Crippen LogP contribution in [0.4, 0.5) is 11.4 Å². The summed E-state index contributed by atoms with van der Waals surface area (Å²) in [5.41, 5.74) is 2.21. The Labute approximate surface area is 157 Å². The van der Waals surface area contributed by atoms with Crippen molar-refractivity contribution in [3.05, 3.63) is 24.3 Å². The highest BCUT2D eigenvalue weighted by Crippen LogP contribution is 2.26. The summed E-state index contributed by atoms with van der Waals surface area (Å²) in [5, 5.41) is 2.78. The minimum absolute atomic E-state index is 0.0643. The number of nitrogens with zero attached hydrogens (tertiary/aromatic N) is 2. The third kappa shape index (κ3) is 6.36. The van der Waals surface area contributed by atoms with Crippen molar-refractivity contribution in [2.24, 2.45) is 11.3 Å². The lowest BCUT2D eigenvalue weighted by molar-refractivity contribution is -0.132. The van der Waals surface area contributed by atoms with Crippen LogP contribution in [0.2, 0.25) is 0 Å². The first-order chi connectivity index (χ1) is 12.1. The maximum atomic E-state index is 12.6. The highest BCUT2D eigenvalue weighted by molar-refractivity contribution is 5.88. The van der Waals surface area contributed by atoms with Crippen LogP contribution in [-0.2, 0) is 9.59 Å². The maximum Gasteiger partial charge on any atom is 0.222 e. The highest BCUT2D eigenvalue weighted by Gasteiger charge is 2.24. The van der Waals surface area contributed by atoms with Gasteiger partial charge in [-0.05, 0) is 42.0 Å². The first-order valence-corrected chi connectivity index (χ1v) is 9.54. The lowest BCUT2D eigenvalue weighted by atomic mass is 9.84. The summed E-state index contributed by atoms with van der Waals surface area (Å²) in [5.74, 6) is 0.634. The first kappa shape index (κ1) is 20.3. The molecule has 1 N–H and O–H groups in total. The van der Waals surface area contributed by atoms with E-state index in [1.54, 1.807) is 0 Å². The van der Waals surface area contributed by atoms with Crippen LogP contribution in [0, 0.1) is 11.3 Å². The molecule has 0 aliphatic carbocycles. The number of benzene rings is 1. The zero-order valence-electron chi connectivity index (χ0n) is 16.8. The summed E-state index contributed by atoms with van der Waals surface area (Å²) in [6.07, 6.45) is 1.71. The molecule has 1 aliphatic rings. The molecule has 1 saturated heterocycles. The van der Waals surface area contributed by atoms with Gasteiger partial charge in [-0.25, -0.2) is 0 Å². The average molecular weight is 360 g/mol. The van der Waals surface area contributed by atoms with E-state index in [0.29, 0.717) is 12.3 Å². The smallest absolute Gasteiger partial charge is 0.222 e. The summed E-state index contributed by atoms with van der Waals surface area (Å²) in [6.45, 7) is 13.6. The van der Waals surface area contributed by atoms with E-state index in [9.17, 15) is 9.59 Å². The Balaban J connectivity index is 1.82. The van der Waals surface area contributed by atoms with Crippen LogP contribution in [0.15, 0.2) is 24.3 Å². The highest BCUT2D eigenvalue weighted by atomic mass is 16.2. The lowest BCUT2D eigenvalue weighted by Gasteiger charge is -2.37. The number of carbonyl (C=O) groups is 2. The van der Waals surface area contributed by atoms with Gasteiger partial charge in [0.2, 0.25) is 11.8 Å². The molecule has 0 spiro atoms. The van der Waals surface area contributed by atoms with Crippen molar-refractivity contribution in [2.45, 2.75) is 47.5 Å². The maximum absolute atomic E-state index is 12.6. The van der Waals surface area contributed by atoms with E-state index in [1.807, 2.05) is 29.2 Å². The van der Waals surface area contributed by atoms with Gasteiger partial charge in [-0.3, -0.25) is 9.59 Å². The second-order valence-corrected chi connectivity index (χ2v) is 8.67. The Hall–Kier alpha value is -2.04. The van der Waals surface area contributed by atoms with Gasteiger partial charge in [0.05, 0.1) is 0 Å². The van der Waals surface area contributed by atoms with E-state index in [4.69, 9.17) is 0 Å². The van der Waals surface area contributed by atoms with Crippen molar-refractivity contribution in [3.8, 4) is 0 Å². The number of rotatable bonds is 5. The van der Waals surface area contributed by atoms with Gasteiger partial charge in [-0.2, -0.15) is 0 Å². The van der Waals surface area contributed by atoms with E-state index < -0.39 is 0 Å². The van der Waals surface area contributed by atoms with Gasteiger partial charge in [0.15, 0.2) is 0 Å². The summed E-state index contributed by atoms with van der Waals surface area (Å²) in [7, 11) is 0. The Morgan fingerprint density at radius 3 is 2.15 bits per heavy atom. The van der Waals surface area contributed by atoms with E-state index in [-0.39, 0.29) is 17.2 Å². The number of hydrogen-bond acceptors (Lipinski definition) is 3. The summed E-state index contributed by atoms with van der Waals surface area (Å²) in [4.78, 5) is 27.9. The van der Waals surface area contributed by atoms with Crippen molar-refractivity contribution in [2.75, 3.05) is 36.4 Å². The topological polar surface area (TPSA) is 52.7 Å². The minimum atomic E-state index is -0.0643. The quantitative estimate of drug-likeness (QED) is 0.871. The molecule has 1 heterocycles. The van der Waals surface area contributed by atoms with E-state index >= 15 is 0 Å². The van der Waals surface area contributed by atoms with Crippen molar-refractivity contribution in [1.29, 1.82) is 0 Å². The number of nitrogens with one attached hydrogen (secondary N) is 1. The molecule has 0 bridgehead atoms. The molecular weight excluding hydrogens is 326 g/mol. The summed E-state index contributed by atoms with van der Waals surface area (Å²) in [6, 6.07) is 7.88. The number of piperazine rings is 1. The predicted molar refractivity (Wildman–Crippen MR) is 107 cm³/mol. The molecule has 0 unspecified atom stereocenters. The van der Waals surface area contributed by atoms with Crippen LogP contribution in [0.3, 0.4) is 0 Å². The molecule has 26 heavy (non-hydrogen) atoms. The molecule has 0 aromatic heterocycles. The molecule has 1 atom stereocenters. The lowest BCUT2D eigenvalue weighted by Crippen LogP contribution is -2.49. The SMILES string of the molecule is CC(=O)Nc1ccc(N2CCN(C(=O)C[C@H](C)CC(C)(C)C)CC2)cc1. The molecule has 144 valence electrons.